The average Bonchev–Trinajstić information content (AvgIpc) is 2.98. The van der Waals surface area contributed by atoms with Gasteiger partial charge in [-0.05, 0) is 43.0 Å². The monoisotopic (exact) mass is 315 g/mol. The van der Waals surface area contributed by atoms with E-state index in [9.17, 15) is 10.2 Å². The lowest BCUT2D eigenvalue weighted by Crippen LogP contribution is -2.34. The van der Waals surface area contributed by atoms with E-state index < -0.39 is 5.60 Å². The van der Waals surface area contributed by atoms with E-state index >= 15 is 0 Å². The molecule has 2 N–H and O–H groups in total. The Balaban J connectivity index is 1.61. The first-order valence-corrected chi connectivity index (χ1v) is 8.28. The highest BCUT2D eigenvalue weighted by atomic mass is 16.3. The van der Waals surface area contributed by atoms with Crippen LogP contribution in [0.5, 0.6) is 0 Å². The summed E-state index contributed by atoms with van der Waals surface area (Å²) in [5.74, 6) is 0. The number of likely N-dealkylation sites (tertiary alicyclic amines) is 1. The third-order valence-electron chi connectivity index (χ3n) is 4.61. The maximum absolute atomic E-state index is 10.2. The van der Waals surface area contributed by atoms with Crippen molar-refractivity contribution in [1.29, 1.82) is 0 Å². The molecule has 0 amide bonds. The number of rotatable bonds is 5. The van der Waals surface area contributed by atoms with Crippen LogP contribution >= 0.6 is 0 Å². The van der Waals surface area contributed by atoms with Crippen LogP contribution in [0, 0.1) is 0 Å². The fourth-order valence-corrected chi connectivity index (χ4v) is 3.22. The molecule has 1 aromatic heterocycles. The largest absolute Gasteiger partial charge is 0.393 e. The van der Waals surface area contributed by atoms with E-state index in [0.717, 1.165) is 32.6 Å². The van der Waals surface area contributed by atoms with Crippen molar-refractivity contribution in [3.05, 3.63) is 53.9 Å². The van der Waals surface area contributed by atoms with Crippen molar-refractivity contribution >= 4 is 0 Å². The first-order valence-electron chi connectivity index (χ1n) is 8.28. The van der Waals surface area contributed by atoms with Crippen molar-refractivity contribution in [2.24, 2.45) is 0 Å². The second kappa shape index (κ2) is 7.25. The number of hydrogen-bond acceptors (Lipinski definition) is 4. The summed E-state index contributed by atoms with van der Waals surface area (Å²) in [4.78, 5) is 2.36. The lowest BCUT2D eigenvalue weighted by Gasteiger charge is -2.24. The standard InChI is InChI=1S/C18H25N3O2/c22-15-18(23)6-2-9-20(11-7-18)13-16-4-1-5-17(12-16)14-21-10-3-8-19-21/h1,3-5,8,10,12,22-23H,2,6-7,9,11,13-15H2/t18-/m1/s1. The highest BCUT2D eigenvalue weighted by Crippen LogP contribution is 2.23. The third kappa shape index (κ3) is 4.41. The van der Waals surface area contributed by atoms with Gasteiger partial charge in [0.05, 0.1) is 18.8 Å². The average molecular weight is 315 g/mol. The molecule has 3 rings (SSSR count). The number of hydrogen-bond donors (Lipinski definition) is 2. The molecule has 0 radical (unpaired) electrons. The Bertz CT molecular complexity index is 614. The summed E-state index contributed by atoms with van der Waals surface area (Å²) in [6.45, 7) is 3.31. The van der Waals surface area contributed by atoms with Crippen molar-refractivity contribution in [3.8, 4) is 0 Å². The molecule has 1 aliphatic rings. The second-order valence-corrected chi connectivity index (χ2v) is 6.54. The molecule has 1 aromatic carbocycles. The Hall–Kier alpha value is -1.69. The molecule has 0 bridgehead atoms. The van der Waals surface area contributed by atoms with Gasteiger partial charge in [0.15, 0.2) is 0 Å². The van der Waals surface area contributed by atoms with Gasteiger partial charge in [-0.2, -0.15) is 5.10 Å². The molecule has 1 atom stereocenters. The summed E-state index contributed by atoms with van der Waals surface area (Å²) in [5.41, 5.74) is 1.63. The number of benzene rings is 1. The Morgan fingerprint density at radius 1 is 1.09 bits per heavy atom. The van der Waals surface area contributed by atoms with Gasteiger partial charge in [0.2, 0.25) is 0 Å². The van der Waals surface area contributed by atoms with Gasteiger partial charge in [0.1, 0.15) is 0 Å². The number of nitrogens with zero attached hydrogens (tertiary/aromatic N) is 3. The minimum Gasteiger partial charge on any atom is -0.393 e. The van der Waals surface area contributed by atoms with Gasteiger partial charge in [0, 0.05) is 25.5 Å². The van der Waals surface area contributed by atoms with Gasteiger partial charge in [-0.1, -0.05) is 24.3 Å². The van der Waals surface area contributed by atoms with Crippen molar-refractivity contribution in [1.82, 2.24) is 14.7 Å². The Morgan fingerprint density at radius 2 is 1.91 bits per heavy atom. The molecule has 23 heavy (non-hydrogen) atoms. The fourth-order valence-electron chi connectivity index (χ4n) is 3.22. The molecule has 1 aliphatic heterocycles. The van der Waals surface area contributed by atoms with Crippen LogP contribution in [0.15, 0.2) is 42.7 Å². The predicted molar refractivity (Wildman–Crippen MR) is 88.9 cm³/mol. The van der Waals surface area contributed by atoms with E-state index in [-0.39, 0.29) is 6.61 Å². The molecule has 1 fully saturated rings. The highest BCUT2D eigenvalue weighted by molar-refractivity contribution is 5.23. The maximum Gasteiger partial charge on any atom is 0.0890 e. The van der Waals surface area contributed by atoms with Gasteiger partial charge in [0.25, 0.3) is 0 Å². The van der Waals surface area contributed by atoms with Gasteiger partial charge in [-0.15, -0.1) is 0 Å². The Labute approximate surface area is 137 Å². The van der Waals surface area contributed by atoms with Crippen molar-refractivity contribution < 1.29 is 10.2 Å². The van der Waals surface area contributed by atoms with Crippen LogP contribution in [0.4, 0.5) is 0 Å². The Morgan fingerprint density at radius 3 is 2.65 bits per heavy atom. The van der Waals surface area contributed by atoms with Crippen LogP contribution in [0.2, 0.25) is 0 Å². The molecule has 124 valence electrons. The summed E-state index contributed by atoms with van der Waals surface area (Å²) in [6.07, 6.45) is 6.00. The quantitative estimate of drug-likeness (QED) is 0.880. The SMILES string of the molecule is OC[C@@]1(O)CCCN(Cc2cccc(Cn3cccn3)c2)CC1. The topological polar surface area (TPSA) is 61.5 Å². The van der Waals surface area contributed by atoms with Crippen molar-refractivity contribution in [2.45, 2.75) is 38.0 Å². The van der Waals surface area contributed by atoms with Crippen LogP contribution in [-0.2, 0) is 13.1 Å². The second-order valence-electron chi connectivity index (χ2n) is 6.54. The van der Waals surface area contributed by atoms with E-state index in [1.54, 1.807) is 6.20 Å². The summed E-state index contributed by atoms with van der Waals surface area (Å²) < 4.78 is 1.92. The van der Waals surface area contributed by atoms with E-state index in [2.05, 4.69) is 34.3 Å². The molecule has 1 saturated heterocycles. The minimum atomic E-state index is -0.892. The Kier molecular flexibility index (Phi) is 5.10. The zero-order valence-corrected chi connectivity index (χ0v) is 13.4. The molecule has 0 aliphatic carbocycles. The maximum atomic E-state index is 10.2. The third-order valence-corrected chi connectivity index (χ3v) is 4.61. The molecule has 2 heterocycles. The molecule has 0 spiro atoms. The van der Waals surface area contributed by atoms with Crippen LogP contribution < -0.4 is 0 Å². The van der Waals surface area contributed by atoms with E-state index in [4.69, 9.17) is 0 Å². The van der Waals surface area contributed by atoms with Crippen LogP contribution in [0.1, 0.15) is 30.4 Å². The first-order chi connectivity index (χ1) is 11.2. The first kappa shape index (κ1) is 16.2. The zero-order valence-electron chi connectivity index (χ0n) is 13.4. The summed E-state index contributed by atoms with van der Waals surface area (Å²) in [5, 5.41) is 23.8. The lowest BCUT2D eigenvalue weighted by molar-refractivity contribution is -0.0255. The number of aliphatic hydroxyl groups is 2. The van der Waals surface area contributed by atoms with Crippen LogP contribution in [0.25, 0.3) is 0 Å². The van der Waals surface area contributed by atoms with Crippen LogP contribution in [-0.4, -0.2) is 50.2 Å². The van der Waals surface area contributed by atoms with Gasteiger partial charge < -0.3 is 10.2 Å². The van der Waals surface area contributed by atoms with Crippen LogP contribution in [0.3, 0.4) is 0 Å². The molecule has 5 nitrogen and oxygen atoms in total. The van der Waals surface area contributed by atoms with Crippen molar-refractivity contribution in [3.63, 3.8) is 0 Å². The number of aliphatic hydroxyl groups excluding tert-OH is 1. The van der Waals surface area contributed by atoms with E-state index in [0.29, 0.717) is 12.8 Å². The van der Waals surface area contributed by atoms with Gasteiger partial charge >= 0.3 is 0 Å². The van der Waals surface area contributed by atoms with E-state index in [1.807, 2.05) is 16.9 Å². The van der Waals surface area contributed by atoms with E-state index in [1.165, 1.54) is 11.1 Å². The predicted octanol–water partition coefficient (Wildman–Crippen LogP) is 1.64. The molecule has 0 unspecified atom stereocenters. The minimum absolute atomic E-state index is 0.139. The van der Waals surface area contributed by atoms with Crippen molar-refractivity contribution in [2.75, 3.05) is 19.7 Å². The normalized spacial score (nSPS) is 22.9. The lowest BCUT2D eigenvalue weighted by atomic mass is 9.96. The molecule has 5 heteroatoms. The number of aromatic nitrogens is 2. The van der Waals surface area contributed by atoms with Gasteiger partial charge in [-0.3, -0.25) is 9.58 Å². The summed E-state index contributed by atoms with van der Waals surface area (Å²) in [7, 11) is 0. The molecule has 2 aromatic rings. The smallest absolute Gasteiger partial charge is 0.0890 e. The summed E-state index contributed by atoms with van der Waals surface area (Å²) >= 11 is 0. The molecule has 0 saturated carbocycles. The highest BCUT2D eigenvalue weighted by Gasteiger charge is 2.29. The molecular weight excluding hydrogens is 290 g/mol. The molecular formula is C18H25N3O2. The fraction of sp³-hybridized carbons (Fsp3) is 0.500. The van der Waals surface area contributed by atoms with Gasteiger partial charge in [-0.25, -0.2) is 0 Å². The summed E-state index contributed by atoms with van der Waals surface area (Å²) in [6, 6.07) is 10.5. The zero-order chi connectivity index (χ0) is 16.1.